The molecule has 1 aliphatic rings. The van der Waals surface area contributed by atoms with Crippen molar-refractivity contribution in [3.8, 4) is 5.75 Å². The third kappa shape index (κ3) is 3.72. The van der Waals surface area contributed by atoms with Crippen LogP contribution in [0, 0.1) is 0 Å². The lowest BCUT2D eigenvalue weighted by Gasteiger charge is -2.33. The minimum atomic E-state index is -0.255. The van der Waals surface area contributed by atoms with Crippen molar-refractivity contribution in [2.75, 3.05) is 32.1 Å². The normalized spacial score (nSPS) is 19.8. The number of nitrogens with one attached hydrogen (secondary N) is 2. The van der Waals surface area contributed by atoms with E-state index in [-0.39, 0.29) is 11.3 Å². The lowest BCUT2D eigenvalue weighted by atomic mass is 10.0. The number of H-pyrrole nitrogens is 1. The zero-order valence-corrected chi connectivity index (χ0v) is 12.3. The average Bonchev–Trinajstić information content (AvgIpc) is 2.45. The van der Waals surface area contributed by atoms with Crippen molar-refractivity contribution in [2.45, 2.75) is 38.6 Å². The third-order valence-electron chi connectivity index (χ3n) is 3.87. The van der Waals surface area contributed by atoms with E-state index < -0.39 is 0 Å². The molecule has 2 N–H and O–H groups in total. The van der Waals surface area contributed by atoms with Crippen LogP contribution in [0.3, 0.4) is 0 Å². The average molecular weight is 280 g/mol. The minimum absolute atomic E-state index is 0.249. The van der Waals surface area contributed by atoms with Gasteiger partial charge in [-0.1, -0.05) is 6.42 Å². The summed E-state index contributed by atoms with van der Waals surface area (Å²) in [4.78, 5) is 20.7. The van der Waals surface area contributed by atoms with Crippen molar-refractivity contribution in [3.63, 3.8) is 0 Å². The fourth-order valence-corrected chi connectivity index (χ4v) is 2.68. The number of aromatic amines is 1. The lowest BCUT2D eigenvalue weighted by Crippen LogP contribution is -2.38. The zero-order valence-electron chi connectivity index (χ0n) is 12.3. The predicted octanol–water partition coefficient (Wildman–Crippen LogP) is 1.45. The molecule has 1 aromatic rings. The summed E-state index contributed by atoms with van der Waals surface area (Å²) in [5.41, 5.74) is -0.255. The summed E-state index contributed by atoms with van der Waals surface area (Å²) in [6.07, 6.45) is 6.38. The molecule has 0 amide bonds. The number of piperidine rings is 1. The monoisotopic (exact) mass is 280 g/mol. The van der Waals surface area contributed by atoms with Crippen LogP contribution in [0.2, 0.25) is 0 Å². The maximum Gasteiger partial charge on any atom is 0.295 e. The standard InChI is InChI=1S/C14H24N4O2/c1-11-6-3-4-8-18(11)9-5-7-15-13-12(20-2)14(19)17-10-16-13/h10-11H,3-9H2,1-2H3,(H2,15,16,17,19). The molecule has 2 rings (SSSR count). The summed E-state index contributed by atoms with van der Waals surface area (Å²) in [5, 5.41) is 3.18. The van der Waals surface area contributed by atoms with Gasteiger partial charge in [-0.05, 0) is 32.7 Å². The molecule has 1 saturated heterocycles. The van der Waals surface area contributed by atoms with Gasteiger partial charge in [-0.3, -0.25) is 4.79 Å². The van der Waals surface area contributed by atoms with Crippen LogP contribution < -0.4 is 15.6 Å². The molecular weight excluding hydrogens is 256 g/mol. The fraction of sp³-hybridized carbons (Fsp3) is 0.714. The Morgan fingerprint density at radius 2 is 2.40 bits per heavy atom. The highest BCUT2D eigenvalue weighted by Gasteiger charge is 2.17. The summed E-state index contributed by atoms with van der Waals surface area (Å²) >= 11 is 0. The van der Waals surface area contributed by atoms with Crippen LogP contribution in [0.4, 0.5) is 5.82 Å². The molecule has 6 nitrogen and oxygen atoms in total. The first kappa shape index (κ1) is 14.8. The summed E-state index contributed by atoms with van der Waals surface area (Å²) in [5.74, 6) is 0.766. The van der Waals surface area contributed by atoms with Crippen LogP contribution in [0.1, 0.15) is 32.6 Å². The van der Waals surface area contributed by atoms with E-state index in [0.29, 0.717) is 11.9 Å². The molecular formula is C14H24N4O2. The first-order valence-corrected chi connectivity index (χ1v) is 7.32. The van der Waals surface area contributed by atoms with Gasteiger partial charge in [0.15, 0.2) is 5.82 Å². The van der Waals surface area contributed by atoms with Gasteiger partial charge in [-0.2, -0.15) is 0 Å². The number of ether oxygens (including phenoxy) is 1. The van der Waals surface area contributed by atoms with E-state index in [1.165, 1.54) is 39.2 Å². The number of aromatic nitrogens is 2. The molecule has 1 aliphatic heterocycles. The molecule has 0 spiro atoms. The number of anilines is 1. The third-order valence-corrected chi connectivity index (χ3v) is 3.87. The molecule has 1 unspecified atom stereocenters. The fourth-order valence-electron chi connectivity index (χ4n) is 2.68. The van der Waals surface area contributed by atoms with Crippen molar-refractivity contribution in [3.05, 3.63) is 16.7 Å². The van der Waals surface area contributed by atoms with Crippen molar-refractivity contribution < 1.29 is 4.74 Å². The van der Waals surface area contributed by atoms with Gasteiger partial charge < -0.3 is 19.9 Å². The van der Waals surface area contributed by atoms with Crippen molar-refractivity contribution >= 4 is 5.82 Å². The molecule has 1 aromatic heterocycles. The van der Waals surface area contributed by atoms with E-state index in [1.807, 2.05) is 0 Å². The Morgan fingerprint density at radius 1 is 1.55 bits per heavy atom. The van der Waals surface area contributed by atoms with Crippen LogP contribution in [0.15, 0.2) is 11.1 Å². The Balaban J connectivity index is 1.78. The Kier molecular flexibility index (Phi) is 5.40. The first-order chi connectivity index (χ1) is 9.72. The van der Waals surface area contributed by atoms with Gasteiger partial charge in [-0.25, -0.2) is 4.98 Å². The number of hydrogen-bond donors (Lipinski definition) is 2. The molecule has 20 heavy (non-hydrogen) atoms. The Labute approximate surface area is 119 Å². The second-order valence-electron chi connectivity index (χ2n) is 5.27. The lowest BCUT2D eigenvalue weighted by molar-refractivity contribution is 0.160. The van der Waals surface area contributed by atoms with Gasteiger partial charge in [-0.15, -0.1) is 0 Å². The van der Waals surface area contributed by atoms with Crippen molar-refractivity contribution in [1.82, 2.24) is 14.9 Å². The number of nitrogens with zero attached hydrogens (tertiary/aromatic N) is 2. The maximum atomic E-state index is 11.5. The first-order valence-electron chi connectivity index (χ1n) is 7.32. The second-order valence-corrected chi connectivity index (χ2v) is 5.27. The van der Waals surface area contributed by atoms with Crippen LogP contribution >= 0.6 is 0 Å². The number of likely N-dealkylation sites (tertiary alicyclic amines) is 1. The van der Waals surface area contributed by atoms with E-state index in [0.717, 1.165) is 19.5 Å². The molecule has 0 bridgehead atoms. The number of methoxy groups -OCH3 is 1. The predicted molar refractivity (Wildman–Crippen MR) is 79.4 cm³/mol. The van der Waals surface area contributed by atoms with E-state index >= 15 is 0 Å². The van der Waals surface area contributed by atoms with Gasteiger partial charge in [0.2, 0.25) is 5.75 Å². The van der Waals surface area contributed by atoms with Gasteiger partial charge in [0, 0.05) is 19.1 Å². The van der Waals surface area contributed by atoms with Crippen LogP contribution in [-0.4, -0.2) is 47.7 Å². The molecule has 0 aromatic carbocycles. The summed E-state index contributed by atoms with van der Waals surface area (Å²) in [7, 11) is 1.48. The van der Waals surface area contributed by atoms with E-state index in [9.17, 15) is 4.79 Å². The van der Waals surface area contributed by atoms with Crippen LogP contribution in [0.5, 0.6) is 5.75 Å². The van der Waals surface area contributed by atoms with E-state index in [4.69, 9.17) is 4.74 Å². The summed E-state index contributed by atoms with van der Waals surface area (Å²) < 4.78 is 5.06. The van der Waals surface area contributed by atoms with E-state index in [2.05, 4.69) is 27.1 Å². The van der Waals surface area contributed by atoms with Gasteiger partial charge in [0.1, 0.15) is 0 Å². The minimum Gasteiger partial charge on any atom is -0.489 e. The van der Waals surface area contributed by atoms with Gasteiger partial charge in [0.25, 0.3) is 5.56 Å². The van der Waals surface area contributed by atoms with Crippen LogP contribution in [0.25, 0.3) is 0 Å². The van der Waals surface area contributed by atoms with Crippen molar-refractivity contribution in [1.29, 1.82) is 0 Å². The highest BCUT2D eigenvalue weighted by molar-refractivity contribution is 5.47. The quantitative estimate of drug-likeness (QED) is 0.772. The molecule has 2 heterocycles. The molecule has 112 valence electrons. The largest absolute Gasteiger partial charge is 0.489 e. The summed E-state index contributed by atoms with van der Waals surface area (Å²) in [6.45, 7) is 5.37. The zero-order chi connectivity index (χ0) is 14.4. The molecule has 0 aliphatic carbocycles. The number of rotatable bonds is 6. The van der Waals surface area contributed by atoms with Gasteiger partial charge in [0.05, 0.1) is 13.4 Å². The highest BCUT2D eigenvalue weighted by atomic mass is 16.5. The topological polar surface area (TPSA) is 70.2 Å². The smallest absolute Gasteiger partial charge is 0.295 e. The molecule has 0 saturated carbocycles. The Bertz CT molecular complexity index is 474. The highest BCUT2D eigenvalue weighted by Crippen LogP contribution is 2.17. The van der Waals surface area contributed by atoms with Crippen molar-refractivity contribution in [2.24, 2.45) is 0 Å². The van der Waals surface area contributed by atoms with Gasteiger partial charge >= 0.3 is 0 Å². The molecule has 0 radical (unpaired) electrons. The Hall–Kier alpha value is -1.56. The SMILES string of the molecule is COc1c(NCCCN2CCCCC2C)nc[nH]c1=O. The maximum absolute atomic E-state index is 11.5. The Morgan fingerprint density at radius 3 is 3.15 bits per heavy atom. The molecule has 1 fully saturated rings. The van der Waals surface area contributed by atoms with E-state index in [1.54, 1.807) is 0 Å². The summed E-state index contributed by atoms with van der Waals surface area (Å²) in [6, 6.07) is 0.691. The molecule has 1 atom stereocenters. The number of hydrogen-bond acceptors (Lipinski definition) is 5. The second kappa shape index (κ2) is 7.28. The van der Waals surface area contributed by atoms with Crippen LogP contribution in [-0.2, 0) is 0 Å². The molecule has 6 heteroatoms.